The number of hydrogen-bond donors (Lipinski definition) is 0. The van der Waals surface area contributed by atoms with Gasteiger partial charge in [-0.25, -0.2) is 4.98 Å². The zero-order valence-electron chi connectivity index (χ0n) is 14.0. The lowest BCUT2D eigenvalue weighted by Gasteiger charge is -2.36. The van der Waals surface area contributed by atoms with E-state index in [0.717, 1.165) is 44.6 Å². The maximum atomic E-state index is 12.8. The standard InChI is InChI=1S/C20H23N3O/c24-20(18-6-5-16-3-1-2-4-17(16)15-18)23-13-11-22(12-14-23)19-7-9-21-10-8-19/h5-10,15H,1-4,11-14H2/p+1. The Hall–Kier alpha value is -2.36. The SMILES string of the molecule is O=C(c1ccc2c(c1)CCCC2)N1CCN(c2cc[nH+]cc2)CC1. The molecule has 1 fully saturated rings. The average molecular weight is 322 g/mol. The number of H-pyrrole nitrogens is 1. The van der Waals surface area contributed by atoms with Gasteiger partial charge in [-0.05, 0) is 48.9 Å². The second kappa shape index (κ2) is 6.63. The van der Waals surface area contributed by atoms with Crippen LogP contribution in [0.15, 0.2) is 42.7 Å². The van der Waals surface area contributed by atoms with Crippen molar-refractivity contribution in [3.63, 3.8) is 0 Å². The van der Waals surface area contributed by atoms with E-state index in [1.165, 1.54) is 29.7 Å². The fraction of sp³-hybridized carbons (Fsp3) is 0.400. The topological polar surface area (TPSA) is 37.7 Å². The van der Waals surface area contributed by atoms with Crippen molar-refractivity contribution in [3.8, 4) is 0 Å². The first-order valence-corrected chi connectivity index (χ1v) is 8.93. The molecular formula is C20H24N3O+. The maximum absolute atomic E-state index is 12.8. The molecule has 0 saturated carbocycles. The molecule has 24 heavy (non-hydrogen) atoms. The molecule has 4 rings (SSSR count). The van der Waals surface area contributed by atoms with Crippen LogP contribution >= 0.6 is 0 Å². The number of pyridine rings is 1. The molecule has 1 aromatic carbocycles. The van der Waals surface area contributed by atoms with Crippen LogP contribution in [-0.4, -0.2) is 37.0 Å². The summed E-state index contributed by atoms with van der Waals surface area (Å²) < 4.78 is 0. The van der Waals surface area contributed by atoms with Crippen molar-refractivity contribution >= 4 is 11.6 Å². The third kappa shape index (κ3) is 3.01. The maximum Gasteiger partial charge on any atom is 0.253 e. The van der Waals surface area contributed by atoms with Crippen LogP contribution in [0.3, 0.4) is 0 Å². The molecule has 2 aliphatic rings. The van der Waals surface area contributed by atoms with Gasteiger partial charge in [0, 0.05) is 49.6 Å². The number of nitrogens with one attached hydrogen (secondary N) is 1. The molecule has 0 spiro atoms. The van der Waals surface area contributed by atoms with Crippen LogP contribution in [-0.2, 0) is 12.8 Å². The fourth-order valence-electron chi connectivity index (χ4n) is 3.81. The number of anilines is 1. The summed E-state index contributed by atoms with van der Waals surface area (Å²) in [4.78, 5) is 20.2. The third-order valence-corrected chi connectivity index (χ3v) is 5.23. The molecule has 1 aliphatic carbocycles. The van der Waals surface area contributed by atoms with Gasteiger partial charge >= 0.3 is 0 Å². The van der Waals surface area contributed by atoms with Gasteiger partial charge in [-0.15, -0.1) is 0 Å². The van der Waals surface area contributed by atoms with Crippen LogP contribution < -0.4 is 9.88 Å². The molecule has 1 aliphatic heterocycles. The summed E-state index contributed by atoms with van der Waals surface area (Å²) in [5.41, 5.74) is 4.89. The zero-order valence-corrected chi connectivity index (χ0v) is 14.0. The Morgan fingerprint density at radius 2 is 1.58 bits per heavy atom. The predicted octanol–water partition coefficient (Wildman–Crippen LogP) is 2.34. The number of aryl methyl sites for hydroxylation is 2. The van der Waals surface area contributed by atoms with E-state index in [0.29, 0.717) is 0 Å². The second-order valence-electron chi connectivity index (χ2n) is 6.73. The summed E-state index contributed by atoms with van der Waals surface area (Å²) in [5.74, 6) is 0.185. The van der Waals surface area contributed by atoms with E-state index in [2.05, 4.69) is 34.1 Å². The number of amides is 1. The lowest BCUT2D eigenvalue weighted by molar-refractivity contribution is -0.377. The van der Waals surface area contributed by atoms with E-state index in [1.807, 2.05) is 23.4 Å². The van der Waals surface area contributed by atoms with Gasteiger partial charge in [-0.1, -0.05) is 6.07 Å². The minimum absolute atomic E-state index is 0.185. The summed E-state index contributed by atoms with van der Waals surface area (Å²) in [5, 5.41) is 0. The van der Waals surface area contributed by atoms with Crippen molar-refractivity contribution in [2.24, 2.45) is 0 Å². The van der Waals surface area contributed by atoms with Crippen molar-refractivity contribution in [1.29, 1.82) is 0 Å². The van der Waals surface area contributed by atoms with E-state index < -0.39 is 0 Å². The second-order valence-corrected chi connectivity index (χ2v) is 6.73. The lowest BCUT2D eigenvalue weighted by Crippen LogP contribution is -2.48. The summed E-state index contributed by atoms with van der Waals surface area (Å²) in [6.45, 7) is 3.35. The molecule has 1 N–H and O–H groups in total. The van der Waals surface area contributed by atoms with Gasteiger partial charge in [0.1, 0.15) is 0 Å². The van der Waals surface area contributed by atoms with Crippen LogP contribution in [0.5, 0.6) is 0 Å². The minimum Gasteiger partial charge on any atom is -0.368 e. The van der Waals surface area contributed by atoms with Gasteiger partial charge in [0.25, 0.3) is 5.91 Å². The van der Waals surface area contributed by atoms with Crippen LogP contribution in [0.4, 0.5) is 5.69 Å². The number of rotatable bonds is 2. The Balaban J connectivity index is 1.43. The molecule has 4 heteroatoms. The van der Waals surface area contributed by atoms with E-state index in [9.17, 15) is 4.79 Å². The smallest absolute Gasteiger partial charge is 0.253 e. The van der Waals surface area contributed by atoms with Crippen LogP contribution in [0, 0.1) is 0 Å². The Morgan fingerprint density at radius 1 is 0.875 bits per heavy atom. The number of fused-ring (bicyclic) bond motifs is 1. The first kappa shape index (κ1) is 15.2. The average Bonchev–Trinajstić information content (AvgIpc) is 2.68. The quantitative estimate of drug-likeness (QED) is 0.851. The van der Waals surface area contributed by atoms with E-state index in [4.69, 9.17) is 0 Å². The number of carbonyl (C=O) groups is 1. The highest BCUT2D eigenvalue weighted by atomic mass is 16.2. The van der Waals surface area contributed by atoms with E-state index in [-0.39, 0.29) is 5.91 Å². The Kier molecular flexibility index (Phi) is 4.20. The highest BCUT2D eigenvalue weighted by molar-refractivity contribution is 5.94. The number of aromatic amines is 1. The van der Waals surface area contributed by atoms with Gasteiger partial charge in [0.05, 0.1) is 0 Å². The zero-order chi connectivity index (χ0) is 16.4. The Morgan fingerprint density at radius 3 is 2.33 bits per heavy atom. The van der Waals surface area contributed by atoms with E-state index in [1.54, 1.807) is 0 Å². The van der Waals surface area contributed by atoms with Crippen molar-refractivity contribution in [3.05, 3.63) is 59.4 Å². The highest BCUT2D eigenvalue weighted by Crippen LogP contribution is 2.23. The lowest BCUT2D eigenvalue weighted by atomic mass is 9.90. The number of benzene rings is 1. The number of aromatic nitrogens is 1. The van der Waals surface area contributed by atoms with Gasteiger partial charge in [0.15, 0.2) is 12.4 Å². The van der Waals surface area contributed by atoms with Gasteiger partial charge in [0.2, 0.25) is 0 Å². The highest BCUT2D eigenvalue weighted by Gasteiger charge is 2.23. The molecule has 0 unspecified atom stereocenters. The number of nitrogens with zero attached hydrogens (tertiary/aromatic N) is 2. The number of hydrogen-bond acceptors (Lipinski definition) is 2. The third-order valence-electron chi connectivity index (χ3n) is 5.23. The summed E-state index contributed by atoms with van der Waals surface area (Å²) in [6.07, 6.45) is 8.70. The van der Waals surface area contributed by atoms with Crippen molar-refractivity contribution < 1.29 is 9.78 Å². The normalized spacial score (nSPS) is 17.5. The molecule has 1 amide bonds. The molecule has 0 bridgehead atoms. The molecule has 2 heterocycles. The Labute approximate surface area is 143 Å². The summed E-state index contributed by atoms with van der Waals surface area (Å²) in [6, 6.07) is 10.5. The predicted molar refractivity (Wildman–Crippen MR) is 94.2 cm³/mol. The van der Waals surface area contributed by atoms with Crippen molar-refractivity contribution in [2.45, 2.75) is 25.7 Å². The monoisotopic (exact) mass is 322 g/mol. The summed E-state index contributed by atoms with van der Waals surface area (Å²) in [7, 11) is 0. The largest absolute Gasteiger partial charge is 0.368 e. The first-order valence-electron chi connectivity index (χ1n) is 8.93. The molecule has 0 atom stereocenters. The van der Waals surface area contributed by atoms with Crippen LogP contribution in [0.25, 0.3) is 0 Å². The van der Waals surface area contributed by atoms with E-state index >= 15 is 0 Å². The van der Waals surface area contributed by atoms with Gasteiger partial charge < -0.3 is 9.80 Å². The molecule has 2 aromatic rings. The Bertz CT molecular complexity index is 721. The van der Waals surface area contributed by atoms with Crippen LogP contribution in [0.2, 0.25) is 0 Å². The molecule has 0 radical (unpaired) electrons. The van der Waals surface area contributed by atoms with Crippen molar-refractivity contribution in [1.82, 2.24) is 4.90 Å². The minimum atomic E-state index is 0.185. The first-order chi connectivity index (χ1) is 11.8. The molecular weight excluding hydrogens is 298 g/mol. The molecule has 1 aromatic heterocycles. The number of piperazine rings is 1. The van der Waals surface area contributed by atoms with Gasteiger partial charge in [-0.3, -0.25) is 4.79 Å². The summed E-state index contributed by atoms with van der Waals surface area (Å²) >= 11 is 0. The number of carbonyl (C=O) groups excluding carboxylic acids is 1. The van der Waals surface area contributed by atoms with Gasteiger partial charge in [-0.2, -0.15) is 0 Å². The molecule has 1 saturated heterocycles. The van der Waals surface area contributed by atoms with Crippen molar-refractivity contribution in [2.75, 3.05) is 31.1 Å². The molecule has 4 nitrogen and oxygen atoms in total. The molecule has 124 valence electrons. The van der Waals surface area contributed by atoms with Crippen LogP contribution in [0.1, 0.15) is 34.3 Å². The fourth-order valence-corrected chi connectivity index (χ4v) is 3.81.